The van der Waals surface area contributed by atoms with Crippen LogP contribution >= 0.6 is 0 Å². The zero-order valence-electron chi connectivity index (χ0n) is 15.0. The van der Waals surface area contributed by atoms with Crippen molar-refractivity contribution >= 4 is 28.4 Å². The van der Waals surface area contributed by atoms with Gasteiger partial charge in [-0.25, -0.2) is 14.8 Å². The highest BCUT2D eigenvalue weighted by atomic mass is 16.5. The number of hydrogen-bond donors (Lipinski definition) is 1. The van der Waals surface area contributed by atoms with Gasteiger partial charge in [0.15, 0.2) is 0 Å². The Morgan fingerprint density at radius 1 is 1.11 bits per heavy atom. The lowest BCUT2D eigenvalue weighted by Gasteiger charge is -2.35. The van der Waals surface area contributed by atoms with Crippen molar-refractivity contribution in [1.82, 2.24) is 14.7 Å². The van der Waals surface area contributed by atoms with Crippen LogP contribution in [0.4, 0.5) is 16.2 Å². The fraction of sp³-hybridized carbons (Fsp3) is 0.263. The fourth-order valence-electron chi connectivity index (χ4n) is 3.34. The second-order valence-electron chi connectivity index (χ2n) is 6.29. The minimum absolute atomic E-state index is 0.527. The van der Waals surface area contributed by atoms with Crippen molar-refractivity contribution in [1.29, 1.82) is 0 Å². The quantitative estimate of drug-likeness (QED) is 0.764. The fourth-order valence-corrected chi connectivity index (χ4v) is 3.34. The summed E-state index contributed by atoms with van der Waals surface area (Å²) in [6.45, 7) is 2.16. The van der Waals surface area contributed by atoms with Crippen LogP contribution in [0.2, 0.25) is 0 Å². The van der Waals surface area contributed by atoms with Gasteiger partial charge in [0.25, 0.3) is 0 Å². The topological polar surface area (TPSA) is 74.1 Å². The summed E-state index contributed by atoms with van der Waals surface area (Å²) in [4.78, 5) is 15.9. The van der Waals surface area contributed by atoms with E-state index in [1.165, 1.54) is 5.01 Å². The average molecular weight is 367 g/mol. The second-order valence-corrected chi connectivity index (χ2v) is 6.29. The summed E-state index contributed by atoms with van der Waals surface area (Å²) in [5.74, 6) is 0. The first kappa shape index (κ1) is 17.3. The maximum Gasteiger partial charge on any atom is 0.426 e. The Balaban J connectivity index is 1.68. The highest BCUT2D eigenvalue weighted by Gasteiger charge is 2.25. The molecule has 0 unspecified atom stereocenters. The molecule has 2 aromatic heterocycles. The van der Waals surface area contributed by atoms with E-state index >= 15 is 0 Å². The van der Waals surface area contributed by atoms with Crippen molar-refractivity contribution in [3.05, 3.63) is 55.0 Å². The van der Waals surface area contributed by atoms with Gasteiger partial charge in [0.1, 0.15) is 0 Å². The lowest BCUT2D eigenvalue weighted by atomic mass is 10.2. The average Bonchev–Trinajstić information content (AvgIpc) is 3.12. The minimum atomic E-state index is -0.996. The first-order valence-corrected chi connectivity index (χ1v) is 8.76. The first-order chi connectivity index (χ1) is 13.1. The van der Waals surface area contributed by atoms with E-state index in [0.29, 0.717) is 32.0 Å². The number of morpholine rings is 1. The highest BCUT2D eigenvalue weighted by molar-refractivity contribution is 5.91. The van der Waals surface area contributed by atoms with E-state index in [1.54, 1.807) is 17.4 Å². The van der Waals surface area contributed by atoms with E-state index in [1.807, 2.05) is 59.3 Å². The predicted molar refractivity (Wildman–Crippen MR) is 103 cm³/mol. The number of hydrazine groups is 1. The monoisotopic (exact) mass is 367 g/mol. The summed E-state index contributed by atoms with van der Waals surface area (Å²) in [6, 6.07) is 11.5. The molecule has 0 bridgehead atoms. The van der Waals surface area contributed by atoms with Crippen LogP contribution in [0.3, 0.4) is 0 Å². The van der Waals surface area contributed by atoms with Gasteiger partial charge >= 0.3 is 6.09 Å². The highest BCUT2D eigenvalue weighted by Crippen LogP contribution is 2.26. The summed E-state index contributed by atoms with van der Waals surface area (Å²) in [5.41, 5.74) is 2.62. The third-order valence-electron chi connectivity index (χ3n) is 4.71. The van der Waals surface area contributed by atoms with Gasteiger partial charge in [-0.15, -0.1) is 0 Å². The van der Waals surface area contributed by atoms with Crippen molar-refractivity contribution in [2.75, 3.05) is 43.4 Å². The van der Waals surface area contributed by atoms with Crippen LogP contribution in [0.5, 0.6) is 0 Å². The Labute approximate surface area is 156 Å². The van der Waals surface area contributed by atoms with E-state index in [0.717, 1.165) is 16.6 Å². The van der Waals surface area contributed by atoms with E-state index in [-0.39, 0.29) is 0 Å². The lowest BCUT2D eigenvalue weighted by Crippen LogP contribution is -2.51. The molecule has 3 heterocycles. The molecule has 0 spiro atoms. The number of carboxylic acid groups (broad SMARTS) is 1. The second kappa shape index (κ2) is 7.26. The van der Waals surface area contributed by atoms with Gasteiger partial charge in [-0.2, -0.15) is 0 Å². The molecule has 1 fully saturated rings. The molecule has 1 saturated heterocycles. The lowest BCUT2D eigenvalue weighted by molar-refractivity contribution is 0.0324. The van der Waals surface area contributed by atoms with Crippen LogP contribution in [0.1, 0.15) is 0 Å². The third-order valence-corrected chi connectivity index (χ3v) is 4.71. The Morgan fingerprint density at radius 3 is 2.56 bits per heavy atom. The maximum atomic E-state index is 11.9. The van der Waals surface area contributed by atoms with Gasteiger partial charge in [0.05, 0.1) is 30.1 Å². The van der Waals surface area contributed by atoms with Gasteiger partial charge in [-0.05, 0) is 36.4 Å². The number of hydrogen-bond acceptors (Lipinski definition) is 5. The molecule has 3 aromatic rings. The Morgan fingerprint density at radius 2 is 1.85 bits per heavy atom. The minimum Gasteiger partial charge on any atom is -0.464 e. The number of benzene rings is 1. The van der Waals surface area contributed by atoms with E-state index < -0.39 is 6.09 Å². The van der Waals surface area contributed by atoms with Crippen molar-refractivity contribution in [2.24, 2.45) is 0 Å². The number of pyridine rings is 1. The van der Waals surface area contributed by atoms with Gasteiger partial charge in [0, 0.05) is 44.1 Å². The summed E-state index contributed by atoms with van der Waals surface area (Å²) in [6.07, 6.45) is 4.48. The molecule has 0 aliphatic carbocycles. The molecule has 8 heteroatoms. The van der Waals surface area contributed by atoms with Crippen LogP contribution in [-0.2, 0) is 4.74 Å². The first-order valence-electron chi connectivity index (χ1n) is 8.76. The van der Waals surface area contributed by atoms with Crippen LogP contribution < -0.4 is 10.0 Å². The molecule has 27 heavy (non-hydrogen) atoms. The smallest absolute Gasteiger partial charge is 0.426 e. The zero-order chi connectivity index (χ0) is 18.8. The van der Waals surface area contributed by atoms with Gasteiger partial charge < -0.3 is 9.84 Å². The molecule has 1 aliphatic heterocycles. The van der Waals surface area contributed by atoms with Crippen LogP contribution in [-0.4, -0.2) is 59.2 Å². The number of amides is 1. The normalized spacial score (nSPS) is 15.0. The number of carbonyl (C=O) groups is 1. The Hall–Kier alpha value is -3.10. The number of ether oxygens (including phenoxy) is 1. The maximum absolute atomic E-state index is 11.9. The molecular weight excluding hydrogens is 346 g/mol. The molecule has 4 rings (SSSR count). The molecule has 1 amide bonds. The Kier molecular flexibility index (Phi) is 4.66. The largest absolute Gasteiger partial charge is 0.464 e. The van der Waals surface area contributed by atoms with Crippen LogP contribution in [0.25, 0.3) is 10.9 Å². The predicted octanol–water partition coefficient (Wildman–Crippen LogP) is 2.67. The van der Waals surface area contributed by atoms with Crippen molar-refractivity contribution < 1.29 is 14.6 Å². The summed E-state index contributed by atoms with van der Waals surface area (Å²) in [5, 5.41) is 15.8. The molecule has 140 valence electrons. The number of rotatable bonds is 4. The molecule has 1 aromatic carbocycles. The van der Waals surface area contributed by atoms with Gasteiger partial charge in [-0.1, -0.05) is 0 Å². The number of nitrogens with zero attached hydrogens (tertiary/aromatic N) is 5. The summed E-state index contributed by atoms with van der Waals surface area (Å²) < 4.78 is 7.35. The van der Waals surface area contributed by atoms with E-state index in [9.17, 15) is 9.90 Å². The molecule has 0 atom stereocenters. The third kappa shape index (κ3) is 3.32. The SMILES string of the molecule is CN(c1ccncc1)n1ccc2cc(N(C(=O)O)N3CCOCC3)ccc21. The van der Waals surface area contributed by atoms with Crippen LogP contribution in [0, 0.1) is 0 Å². The number of anilines is 2. The molecule has 8 nitrogen and oxygen atoms in total. The molecule has 1 N–H and O–H groups in total. The molecule has 1 aliphatic rings. The van der Waals surface area contributed by atoms with E-state index in [4.69, 9.17) is 4.74 Å². The molecular formula is C19H21N5O3. The Bertz CT molecular complexity index is 937. The molecule has 0 saturated carbocycles. The zero-order valence-corrected chi connectivity index (χ0v) is 15.0. The van der Waals surface area contributed by atoms with Crippen molar-refractivity contribution in [2.45, 2.75) is 0 Å². The van der Waals surface area contributed by atoms with Crippen molar-refractivity contribution in [3.8, 4) is 0 Å². The summed E-state index contributed by atoms with van der Waals surface area (Å²) in [7, 11) is 1.97. The van der Waals surface area contributed by atoms with Gasteiger partial charge in [0.2, 0.25) is 0 Å². The number of fused-ring (bicyclic) bond motifs is 1. The standard InChI is InChI=1S/C19H21N5O3/c1-21(16-4-7-20-8-5-16)23-9-6-15-14-17(2-3-18(15)23)24(19(25)26)22-10-12-27-13-11-22/h2-9,14H,10-13H2,1H3,(H,25,26). The van der Waals surface area contributed by atoms with Gasteiger partial charge in [-0.3, -0.25) is 14.7 Å². The van der Waals surface area contributed by atoms with Crippen LogP contribution in [0.15, 0.2) is 55.0 Å². The molecule has 0 radical (unpaired) electrons. The number of aromatic nitrogens is 2. The summed E-state index contributed by atoms with van der Waals surface area (Å²) >= 11 is 0. The van der Waals surface area contributed by atoms with E-state index in [2.05, 4.69) is 4.98 Å². The van der Waals surface area contributed by atoms with Crippen molar-refractivity contribution in [3.63, 3.8) is 0 Å².